The van der Waals surface area contributed by atoms with Crippen molar-refractivity contribution < 1.29 is 18.7 Å². The zero-order valence-corrected chi connectivity index (χ0v) is 10.6. The lowest BCUT2D eigenvalue weighted by Crippen LogP contribution is -2.08. The Morgan fingerprint density at radius 2 is 2.18 bits per heavy atom. The molecule has 0 saturated heterocycles. The largest absolute Gasteiger partial charge is 0.469 e. The first-order valence-corrected chi connectivity index (χ1v) is 5.68. The van der Waals surface area contributed by atoms with Crippen LogP contribution in [0.5, 0.6) is 0 Å². The molecule has 0 bridgehead atoms. The number of ketones is 1. The number of ether oxygens (including phenoxy) is 1. The molecule has 1 aromatic carbocycles. The van der Waals surface area contributed by atoms with Gasteiger partial charge in [-0.2, -0.15) is 0 Å². The number of rotatable bonds is 3. The summed E-state index contributed by atoms with van der Waals surface area (Å²) in [5, 5.41) is 0.688. The average molecular weight is 297 g/mol. The van der Waals surface area contributed by atoms with Crippen LogP contribution in [0, 0.1) is 0 Å². The molecule has 1 aromatic heterocycles. The molecular weight excluding hydrogens is 288 g/mol. The van der Waals surface area contributed by atoms with Gasteiger partial charge in [-0.15, -0.1) is 0 Å². The first-order valence-electron chi connectivity index (χ1n) is 4.89. The van der Waals surface area contributed by atoms with E-state index >= 15 is 0 Å². The van der Waals surface area contributed by atoms with Gasteiger partial charge >= 0.3 is 5.97 Å². The number of hydrogen-bond acceptors (Lipinski definition) is 4. The summed E-state index contributed by atoms with van der Waals surface area (Å²) in [7, 11) is 1.25. The van der Waals surface area contributed by atoms with Crippen molar-refractivity contribution in [3.05, 3.63) is 34.5 Å². The molecule has 0 aliphatic heterocycles. The molecule has 4 nitrogen and oxygen atoms in total. The number of fused-ring (bicyclic) bond motifs is 1. The molecule has 5 heteroatoms. The van der Waals surface area contributed by atoms with Crippen LogP contribution in [0.4, 0.5) is 0 Å². The Labute approximate surface area is 106 Å². The normalized spacial score (nSPS) is 10.5. The lowest BCUT2D eigenvalue weighted by molar-refractivity contribution is -0.139. The first kappa shape index (κ1) is 11.9. The van der Waals surface area contributed by atoms with Crippen molar-refractivity contribution in [2.75, 3.05) is 7.11 Å². The summed E-state index contributed by atoms with van der Waals surface area (Å²) in [5.74, 6) is -0.868. The first-order chi connectivity index (χ1) is 8.13. The van der Waals surface area contributed by atoms with Gasteiger partial charge in [0, 0.05) is 5.39 Å². The summed E-state index contributed by atoms with van der Waals surface area (Å²) < 4.78 is 10.5. The van der Waals surface area contributed by atoms with Gasteiger partial charge in [-0.05, 0) is 22.0 Å². The fourth-order valence-electron chi connectivity index (χ4n) is 1.54. The molecule has 0 atom stereocenters. The van der Waals surface area contributed by atoms with Gasteiger partial charge in [0.15, 0.2) is 5.78 Å². The molecule has 0 N–H and O–H groups in total. The van der Waals surface area contributed by atoms with E-state index in [-0.39, 0.29) is 12.2 Å². The molecule has 0 saturated carbocycles. The number of carbonyl (C=O) groups is 2. The quantitative estimate of drug-likeness (QED) is 0.496. The van der Waals surface area contributed by atoms with Crippen molar-refractivity contribution >= 4 is 38.7 Å². The van der Waals surface area contributed by atoms with Crippen molar-refractivity contribution in [2.45, 2.75) is 6.42 Å². The predicted molar refractivity (Wildman–Crippen MR) is 64.9 cm³/mol. The summed E-state index contributed by atoms with van der Waals surface area (Å²) in [4.78, 5) is 22.9. The van der Waals surface area contributed by atoms with Crippen molar-refractivity contribution in [3.63, 3.8) is 0 Å². The van der Waals surface area contributed by atoms with Crippen LogP contribution >= 0.6 is 15.9 Å². The van der Waals surface area contributed by atoms with Crippen LogP contribution in [0.1, 0.15) is 16.8 Å². The maximum absolute atomic E-state index is 11.8. The molecule has 0 amide bonds. The topological polar surface area (TPSA) is 56.5 Å². The number of halogens is 1. The lowest BCUT2D eigenvalue weighted by Gasteiger charge is -1.97. The van der Waals surface area contributed by atoms with Gasteiger partial charge in [0.25, 0.3) is 0 Å². The van der Waals surface area contributed by atoms with Crippen LogP contribution in [-0.4, -0.2) is 18.9 Å². The number of furan rings is 1. The Morgan fingerprint density at radius 1 is 1.41 bits per heavy atom. The van der Waals surface area contributed by atoms with Crippen LogP contribution < -0.4 is 0 Å². The van der Waals surface area contributed by atoms with Crippen LogP contribution in [0.15, 0.2) is 33.4 Å². The van der Waals surface area contributed by atoms with Gasteiger partial charge in [-0.25, -0.2) is 0 Å². The van der Waals surface area contributed by atoms with Crippen LogP contribution in [0.2, 0.25) is 0 Å². The summed E-state index contributed by atoms with van der Waals surface area (Å²) >= 11 is 3.33. The third-order valence-electron chi connectivity index (χ3n) is 2.38. The summed E-state index contributed by atoms with van der Waals surface area (Å²) in [5.41, 5.74) is 0.993. The monoisotopic (exact) mass is 296 g/mol. The van der Waals surface area contributed by atoms with Crippen LogP contribution in [0.25, 0.3) is 11.0 Å². The molecule has 0 aliphatic carbocycles. The Hall–Kier alpha value is -1.62. The average Bonchev–Trinajstić information content (AvgIpc) is 2.74. The number of Topliss-reactive ketones (excluding diaryl/α,β-unsaturated/α-hetero) is 1. The van der Waals surface area contributed by atoms with Gasteiger partial charge < -0.3 is 9.15 Å². The van der Waals surface area contributed by atoms with E-state index in [9.17, 15) is 9.59 Å². The second-order valence-corrected chi connectivity index (χ2v) is 4.30. The summed E-state index contributed by atoms with van der Waals surface area (Å²) in [6.07, 6.45) is 1.08. The molecular formula is C12H9BrO4. The Kier molecular flexibility index (Phi) is 3.28. The van der Waals surface area contributed by atoms with Crippen molar-refractivity contribution in [1.82, 2.24) is 0 Å². The standard InChI is InChI=1S/C12H9BrO4/c1-16-11(15)5-10(14)8-6-17-12-7(8)3-2-4-9(12)13/h2-4,6H,5H2,1H3. The lowest BCUT2D eigenvalue weighted by atomic mass is 10.1. The van der Waals surface area contributed by atoms with Gasteiger partial charge in [0.2, 0.25) is 0 Å². The highest BCUT2D eigenvalue weighted by Gasteiger charge is 2.18. The number of carbonyl (C=O) groups excluding carboxylic acids is 2. The predicted octanol–water partition coefficient (Wildman–Crippen LogP) is 2.94. The molecule has 1 heterocycles. The molecule has 0 aliphatic rings. The number of methoxy groups -OCH3 is 1. The molecule has 2 aromatic rings. The van der Waals surface area contributed by atoms with E-state index in [1.165, 1.54) is 13.4 Å². The molecule has 0 unspecified atom stereocenters. The highest BCUT2D eigenvalue weighted by Crippen LogP contribution is 2.28. The zero-order chi connectivity index (χ0) is 12.4. The Morgan fingerprint density at radius 3 is 2.88 bits per heavy atom. The van der Waals surface area contributed by atoms with Gasteiger partial charge in [0.05, 0.1) is 17.1 Å². The minimum absolute atomic E-state index is 0.280. The second kappa shape index (κ2) is 4.71. The number of para-hydroxylation sites is 1. The number of benzene rings is 1. The van der Waals surface area contributed by atoms with E-state index < -0.39 is 5.97 Å². The molecule has 0 spiro atoms. The maximum Gasteiger partial charge on any atom is 0.313 e. The van der Waals surface area contributed by atoms with Crippen LogP contribution in [0.3, 0.4) is 0 Å². The fourth-order valence-corrected chi connectivity index (χ4v) is 2.00. The Bertz CT molecular complexity index is 585. The highest BCUT2D eigenvalue weighted by molar-refractivity contribution is 9.10. The molecule has 0 radical (unpaired) electrons. The second-order valence-electron chi connectivity index (χ2n) is 3.44. The zero-order valence-electron chi connectivity index (χ0n) is 9.03. The number of hydrogen-bond donors (Lipinski definition) is 0. The number of esters is 1. The minimum atomic E-state index is -0.556. The van der Waals surface area contributed by atoms with E-state index in [0.29, 0.717) is 16.5 Å². The van der Waals surface area contributed by atoms with E-state index in [0.717, 1.165) is 4.47 Å². The third-order valence-corrected chi connectivity index (χ3v) is 3.01. The fraction of sp³-hybridized carbons (Fsp3) is 0.167. The molecule has 2 rings (SSSR count). The van der Waals surface area contributed by atoms with Crippen molar-refractivity contribution in [3.8, 4) is 0 Å². The van der Waals surface area contributed by atoms with E-state index in [1.54, 1.807) is 12.1 Å². The van der Waals surface area contributed by atoms with Crippen LogP contribution in [-0.2, 0) is 9.53 Å². The smallest absolute Gasteiger partial charge is 0.313 e. The van der Waals surface area contributed by atoms with Gasteiger partial charge in [0.1, 0.15) is 18.3 Å². The van der Waals surface area contributed by atoms with E-state index in [1.807, 2.05) is 6.07 Å². The summed E-state index contributed by atoms with van der Waals surface area (Å²) in [6.45, 7) is 0. The Balaban J connectivity index is 2.40. The van der Waals surface area contributed by atoms with E-state index in [2.05, 4.69) is 20.7 Å². The molecule has 0 fully saturated rings. The van der Waals surface area contributed by atoms with Gasteiger partial charge in [-0.1, -0.05) is 12.1 Å². The highest BCUT2D eigenvalue weighted by atomic mass is 79.9. The van der Waals surface area contributed by atoms with Crippen molar-refractivity contribution in [2.24, 2.45) is 0 Å². The van der Waals surface area contributed by atoms with Crippen molar-refractivity contribution in [1.29, 1.82) is 0 Å². The SMILES string of the molecule is COC(=O)CC(=O)c1coc2c(Br)cccc12. The molecule has 17 heavy (non-hydrogen) atoms. The van der Waals surface area contributed by atoms with E-state index in [4.69, 9.17) is 4.42 Å². The minimum Gasteiger partial charge on any atom is -0.469 e. The third kappa shape index (κ3) is 2.24. The summed E-state index contributed by atoms with van der Waals surface area (Å²) in [6, 6.07) is 5.39. The molecule has 88 valence electrons. The van der Waals surface area contributed by atoms with Gasteiger partial charge in [-0.3, -0.25) is 9.59 Å². The maximum atomic E-state index is 11.8.